The van der Waals surface area contributed by atoms with E-state index < -0.39 is 0 Å². The van der Waals surface area contributed by atoms with Crippen LogP contribution in [0.4, 0.5) is 0 Å². The van der Waals surface area contributed by atoms with Gasteiger partial charge in [0.05, 0.1) is 17.9 Å². The van der Waals surface area contributed by atoms with Crippen molar-refractivity contribution < 1.29 is 9.32 Å². The van der Waals surface area contributed by atoms with Crippen molar-refractivity contribution >= 4 is 5.91 Å². The smallest absolute Gasteiger partial charge is 0.272 e. The normalized spacial score (nSPS) is 13.9. The Labute approximate surface area is 133 Å². The number of benzene rings is 1. The Bertz CT molecular complexity index is 851. The molecule has 1 aromatic carbocycles. The van der Waals surface area contributed by atoms with Gasteiger partial charge in [0.1, 0.15) is 12.0 Å². The maximum absolute atomic E-state index is 12.8. The summed E-state index contributed by atoms with van der Waals surface area (Å²) in [5, 5.41) is 8.42. The molecule has 0 bridgehead atoms. The Morgan fingerprint density at radius 1 is 1.26 bits per heavy atom. The van der Waals surface area contributed by atoms with Gasteiger partial charge in [0, 0.05) is 31.1 Å². The fourth-order valence-electron chi connectivity index (χ4n) is 2.89. The number of carbonyl (C=O) groups excluding carboxylic acids is 1. The summed E-state index contributed by atoms with van der Waals surface area (Å²) in [6, 6.07) is 11.7. The standard InChI is InChI=1S/C17H16N4O2/c1-20-16(9-15(18-20)12-5-3-2-4-6-12)17(22)21-8-7-14-13(10-21)11-23-19-14/h2-6,9,11H,7-8,10H2,1H3. The van der Waals surface area contributed by atoms with E-state index in [4.69, 9.17) is 4.52 Å². The number of rotatable bonds is 2. The minimum Gasteiger partial charge on any atom is -0.364 e. The SMILES string of the molecule is Cn1nc(-c2ccccc2)cc1C(=O)N1CCc2nocc2C1. The highest BCUT2D eigenvalue weighted by Gasteiger charge is 2.26. The van der Waals surface area contributed by atoms with E-state index in [0.29, 0.717) is 18.8 Å². The van der Waals surface area contributed by atoms with E-state index in [-0.39, 0.29) is 5.91 Å². The second-order valence-corrected chi connectivity index (χ2v) is 5.67. The topological polar surface area (TPSA) is 64.2 Å². The summed E-state index contributed by atoms with van der Waals surface area (Å²) >= 11 is 0. The van der Waals surface area contributed by atoms with Crippen molar-refractivity contribution in [1.29, 1.82) is 0 Å². The molecule has 6 heteroatoms. The zero-order valence-corrected chi connectivity index (χ0v) is 12.8. The Kier molecular flexibility index (Phi) is 3.22. The van der Waals surface area contributed by atoms with Crippen LogP contribution in [-0.4, -0.2) is 32.3 Å². The van der Waals surface area contributed by atoms with Crippen molar-refractivity contribution in [3.8, 4) is 11.3 Å². The van der Waals surface area contributed by atoms with Gasteiger partial charge in [-0.15, -0.1) is 0 Å². The Balaban J connectivity index is 1.61. The molecule has 0 spiro atoms. The van der Waals surface area contributed by atoms with Crippen LogP contribution < -0.4 is 0 Å². The van der Waals surface area contributed by atoms with E-state index in [1.807, 2.05) is 41.3 Å². The first-order valence-electron chi connectivity index (χ1n) is 7.53. The second kappa shape index (κ2) is 5.39. The summed E-state index contributed by atoms with van der Waals surface area (Å²) in [5.74, 6) is -0.0194. The number of hydrogen-bond acceptors (Lipinski definition) is 4. The van der Waals surface area contributed by atoms with Gasteiger partial charge in [0.25, 0.3) is 5.91 Å². The van der Waals surface area contributed by atoms with Gasteiger partial charge in [-0.25, -0.2) is 0 Å². The van der Waals surface area contributed by atoms with Gasteiger partial charge < -0.3 is 9.42 Å². The average molecular weight is 308 g/mol. The molecular formula is C17H16N4O2. The van der Waals surface area contributed by atoms with Gasteiger partial charge >= 0.3 is 0 Å². The molecular weight excluding hydrogens is 292 g/mol. The van der Waals surface area contributed by atoms with Crippen LogP contribution in [0.3, 0.4) is 0 Å². The van der Waals surface area contributed by atoms with Crippen molar-refractivity contribution in [3.05, 3.63) is 59.6 Å². The maximum atomic E-state index is 12.8. The number of aromatic nitrogens is 3. The molecule has 0 fully saturated rings. The van der Waals surface area contributed by atoms with Gasteiger partial charge in [0.2, 0.25) is 0 Å². The van der Waals surface area contributed by atoms with Crippen LogP contribution in [0.15, 0.2) is 47.2 Å². The van der Waals surface area contributed by atoms with Gasteiger partial charge in [-0.2, -0.15) is 5.10 Å². The molecule has 6 nitrogen and oxygen atoms in total. The number of carbonyl (C=O) groups is 1. The molecule has 0 N–H and O–H groups in total. The predicted octanol–water partition coefficient (Wildman–Crippen LogP) is 2.27. The molecule has 3 aromatic rings. The summed E-state index contributed by atoms with van der Waals surface area (Å²) in [6.45, 7) is 1.17. The van der Waals surface area contributed by atoms with Crippen molar-refractivity contribution in [2.75, 3.05) is 6.54 Å². The van der Waals surface area contributed by atoms with Crippen LogP contribution in [0.2, 0.25) is 0 Å². The molecule has 0 radical (unpaired) electrons. The Morgan fingerprint density at radius 3 is 2.91 bits per heavy atom. The van der Waals surface area contributed by atoms with Gasteiger partial charge in [-0.3, -0.25) is 9.48 Å². The minimum atomic E-state index is -0.0194. The highest BCUT2D eigenvalue weighted by molar-refractivity contribution is 5.93. The molecule has 0 atom stereocenters. The van der Waals surface area contributed by atoms with Crippen LogP contribution >= 0.6 is 0 Å². The molecule has 4 rings (SSSR count). The summed E-state index contributed by atoms with van der Waals surface area (Å²) in [4.78, 5) is 14.6. The van der Waals surface area contributed by atoms with E-state index in [1.165, 1.54) is 0 Å². The van der Waals surface area contributed by atoms with Gasteiger partial charge in [-0.05, 0) is 6.07 Å². The first-order valence-corrected chi connectivity index (χ1v) is 7.53. The first kappa shape index (κ1) is 13.8. The molecule has 3 heterocycles. The maximum Gasteiger partial charge on any atom is 0.272 e. The van der Waals surface area contributed by atoms with E-state index in [1.54, 1.807) is 18.0 Å². The molecule has 116 valence electrons. The number of nitrogens with zero attached hydrogens (tertiary/aromatic N) is 4. The minimum absolute atomic E-state index is 0.0194. The van der Waals surface area contributed by atoms with Gasteiger partial charge in [0.15, 0.2) is 0 Å². The Hall–Kier alpha value is -2.89. The molecule has 0 aliphatic carbocycles. The summed E-state index contributed by atoms with van der Waals surface area (Å²) in [5.41, 5.74) is 4.32. The lowest BCUT2D eigenvalue weighted by Crippen LogP contribution is -2.36. The zero-order chi connectivity index (χ0) is 15.8. The lowest BCUT2D eigenvalue weighted by atomic mass is 10.1. The van der Waals surface area contributed by atoms with E-state index >= 15 is 0 Å². The third-order valence-electron chi connectivity index (χ3n) is 4.16. The predicted molar refractivity (Wildman–Crippen MR) is 83.6 cm³/mol. The van der Waals surface area contributed by atoms with Crippen molar-refractivity contribution in [1.82, 2.24) is 19.8 Å². The average Bonchev–Trinajstić information content (AvgIpc) is 3.20. The molecule has 1 amide bonds. The van der Waals surface area contributed by atoms with Gasteiger partial charge in [-0.1, -0.05) is 35.5 Å². The number of hydrogen-bond donors (Lipinski definition) is 0. The monoisotopic (exact) mass is 308 g/mol. The summed E-state index contributed by atoms with van der Waals surface area (Å²) in [7, 11) is 1.80. The third-order valence-corrected chi connectivity index (χ3v) is 4.16. The first-order chi connectivity index (χ1) is 11.2. The van der Waals surface area contributed by atoms with Crippen molar-refractivity contribution in [2.45, 2.75) is 13.0 Å². The van der Waals surface area contributed by atoms with Crippen LogP contribution in [0.1, 0.15) is 21.7 Å². The molecule has 1 aliphatic heterocycles. The number of fused-ring (bicyclic) bond motifs is 1. The lowest BCUT2D eigenvalue weighted by molar-refractivity contribution is 0.0723. The summed E-state index contributed by atoms with van der Waals surface area (Å²) in [6.07, 6.45) is 2.34. The fraction of sp³-hybridized carbons (Fsp3) is 0.235. The second-order valence-electron chi connectivity index (χ2n) is 5.67. The lowest BCUT2D eigenvalue weighted by Gasteiger charge is -2.25. The highest BCUT2D eigenvalue weighted by atomic mass is 16.5. The van der Waals surface area contributed by atoms with Crippen LogP contribution in [-0.2, 0) is 20.0 Å². The molecule has 0 saturated carbocycles. The van der Waals surface area contributed by atoms with Crippen molar-refractivity contribution in [3.63, 3.8) is 0 Å². The third kappa shape index (κ3) is 2.42. The molecule has 0 unspecified atom stereocenters. The number of aryl methyl sites for hydroxylation is 1. The van der Waals surface area contributed by atoms with E-state index in [0.717, 1.165) is 28.9 Å². The number of amides is 1. The zero-order valence-electron chi connectivity index (χ0n) is 12.8. The van der Waals surface area contributed by atoms with Crippen LogP contribution in [0.25, 0.3) is 11.3 Å². The summed E-state index contributed by atoms with van der Waals surface area (Å²) < 4.78 is 6.63. The van der Waals surface area contributed by atoms with E-state index in [2.05, 4.69) is 10.3 Å². The molecule has 1 aliphatic rings. The molecule has 0 saturated heterocycles. The van der Waals surface area contributed by atoms with Crippen LogP contribution in [0.5, 0.6) is 0 Å². The van der Waals surface area contributed by atoms with E-state index in [9.17, 15) is 4.79 Å². The highest BCUT2D eigenvalue weighted by Crippen LogP contribution is 2.22. The molecule has 23 heavy (non-hydrogen) atoms. The van der Waals surface area contributed by atoms with Crippen LogP contribution in [0, 0.1) is 0 Å². The largest absolute Gasteiger partial charge is 0.364 e. The van der Waals surface area contributed by atoms with Crippen molar-refractivity contribution in [2.24, 2.45) is 7.05 Å². The fourth-order valence-corrected chi connectivity index (χ4v) is 2.89. The Morgan fingerprint density at radius 2 is 2.09 bits per heavy atom. The quantitative estimate of drug-likeness (QED) is 0.728. The molecule has 2 aromatic heterocycles.